The molecule has 0 heterocycles. The number of hydrogen-bond acceptors (Lipinski definition) is 3. The molecule has 0 aromatic heterocycles. The van der Waals surface area contributed by atoms with Crippen LogP contribution < -0.4 is 10.1 Å². The van der Waals surface area contributed by atoms with E-state index in [1.165, 1.54) is 29.2 Å². The number of unbranched alkanes of at least 4 members (excludes halogenated alkanes) is 1. The van der Waals surface area contributed by atoms with Gasteiger partial charge in [-0.05, 0) is 55.3 Å². The summed E-state index contributed by atoms with van der Waals surface area (Å²) in [6, 6.07) is 9.59. The van der Waals surface area contributed by atoms with Gasteiger partial charge >= 0.3 is 0 Å². The maximum Gasteiger partial charge on any atom is 0.261 e. The van der Waals surface area contributed by atoms with Crippen LogP contribution in [0.15, 0.2) is 42.5 Å². The Labute approximate surface area is 186 Å². The van der Waals surface area contributed by atoms with Gasteiger partial charge in [0.05, 0.1) is 0 Å². The van der Waals surface area contributed by atoms with E-state index in [2.05, 4.69) is 5.32 Å². The van der Waals surface area contributed by atoms with Crippen molar-refractivity contribution in [3.63, 3.8) is 0 Å². The maximum absolute atomic E-state index is 13.0. The summed E-state index contributed by atoms with van der Waals surface area (Å²) in [6.07, 6.45) is 1.80. The van der Waals surface area contributed by atoms with Gasteiger partial charge < -0.3 is 15.0 Å². The summed E-state index contributed by atoms with van der Waals surface area (Å²) >= 11 is 12.2. The van der Waals surface area contributed by atoms with E-state index >= 15 is 0 Å². The van der Waals surface area contributed by atoms with Crippen LogP contribution in [0.25, 0.3) is 0 Å². The van der Waals surface area contributed by atoms with Crippen LogP contribution in [-0.4, -0.2) is 35.9 Å². The van der Waals surface area contributed by atoms with E-state index in [1.54, 1.807) is 25.1 Å². The number of amides is 2. The van der Waals surface area contributed by atoms with E-state index in [0.29, 0.717) is 27.9 Å². The average Bonchev–Trinajstić information content (AvgIpc) is 2.72. The summed E-state index contributed by atoms with van der Waals surface area (Å²) in [5.41, 5.74) is 0.657. The first-order valence-electron chi connectivity index (χ1n) is 9.71. The summed E-state index contributed by atoms with van der Waals surface area (Å²) in [6.45, 7) is 4.03. The van der Waals surface area contributed by atoms with Crippen molar-refractivity contribution in [1.82, 2.24) is 10.2 Å². The van der Waals surface area contributed by atoms with E-state index in [0.717, 1.165) is 12.8 Å². The van der Waals surface area contributed by atoms with Crippen LogP contribution in [0.3, 0.4) is 0 Å². The van der Waals surface area contributed by atoms with Crippen molar-refractivity contribution in [2.45, 2.75) is 39.3 Å². The lowest BCUT2D eigenvalue weighted by atomic mass is 10.1. The molecular weight excluding hydrogens is 430 g/mol. The molecule has 1 N–H and O–H groups in total. The molecule has 0 aliphatic carbocycles. The number of rotatable bonds is 10. The van der Waals surface area contributed by atoms with Crippen LogP contribution in [0, 0.1) is 5.82 Å². The summed E-state index contributed by atoms with van der Waals surface area (Å²) in [7, 11) is 0. The fraction of sp³-hybridized carbons (Fsp3) is 0.364. The first-order valence-corrected chi connectivity index (χ1v) is 10.5. The van der Waals surface area contributed by atoms with Crippen molar-refractivity contribution in [1.29, 1.82) is 0 Å². The highest BCUT2D eigenvalue weighted by atomic mass is 35.5. The van der Waals surface area contributed by atoms with Crippen molar-refractivity contribution in [2.24, 2.45) is 0 Å². The fourth-order valence-electron chi connectivity index (χ4n) is 2.71. The van der Waals surface area contributed by atoms with Crippen molar-refractivity contribution < 1.29 is 18.7 Å². The highest BCUT2D eigenvalue weighted by Gasteiger charge is 2.27. The lowest BCUT2D eigenvalue weighted by molar-refractivity contribution is -0.142. The van der Waals surface area contributed by atoms with Gasteiger partial charge in [-0.3, -0.25) is 9.59 Å². The number of carbonyl (C=O) groups is 2. The van der Waals surface area contributed by atoms with Crippen LogP contribution in [0.5, 0.6) is 5.75 Å². The molecule has 30 heavy (non-hydrogen) atoms. The minimum absolute atomic E-state index is 0.115. The Morgan fingerprint density at radius 1 is 1.17 bits per heavy atom. The van der Waals surface area contributed by atoms with Crippen molar-refractivity contribution >= 4 is 35.0 Å². The zero-order chi connectivity index (χ0) is 22.1. The number of nitrogens with one attached hydrogen (secondary N) is 1. The summed E-state index contributed by atoms with van der Waals surface area (Å²) in [5.74, 6) is -0.702. The predicted molar refractivity (Wildman–Crippen MR) is 116 cm³/mol. The lowest BCUT2D eigenvalue weighted by Gasteiger charge is -2.29. The van der Waals surface area contributed by atoms with E-state index in [1.807, 2.05) is 6.92 Å². The third-order valence-electron chi connectivity index (χ3n) is 4.53. The summed E-state index contributed by atoms with van der Waals surface area (Å²) in [4.78, 5) is 26.9. The second-order valence-electron chi connectivity index (χ2n) is 6.82. The van der Waals surface area contributed by atoms with Gasteiger partial charge in [-0.15, -0.1) is 0 Å². The molecule has 2 aromatic carbocycles. The fourth-order valence-corrected chi connectivity index (χ4v) is 3.18. The molecule has 0 saturated heterocycles. The van der Waals surface area contributed by atoms with Gasteiger partial charge in [0.25, 0.3) is 5.91 Å². The second kappa shape index (κ2) is 11.8. The molecule has 0 unspecified atom stereocenters. The smallest absolute Gasteiger partial charge is 0.261 e. The largest absolute Gasteiger partial charge is 0.484 e. The van der Waals surface area contributed by atoms with E-state index in [9.17, 15) is 14.0 Å². The van der Waals surface area contributed by atoms with E-state index in [4.69, 9.17) is 27.9 Å². The highest BCUT2D eigenvalue weighted by Crippen LogP contribution is 2.23. The number of hydrogen-bond donors (Lipinski definition) is 1. The van der Waals surface area contributed by atoms with Crippen LogP contribution >= 0.6 is 23.2 Å². The molecule has 8 heteroatoms. The Bertz CT molecular complexity index is 862. The summed E-state index contributed by atoms with van der Waals surface area (Å²) in [5, 5.41) is 3.72. The summed E-state index contributed by atoms with van der Waals surface area (Å²) < 4.78 is 18.5. The van der Waals surface area contributed by atoms with Gasteiger partial charge in [-0.1, -0.05) is 42.6 Å². The third kappa shape index (κ3) is 7.18. The first kappa shape index (κ1) is 24.0. The monoisotopic (exact) mass is 454 g/mol. The van der Waals surface area contributed by atoms with Crippen molar-refractivity contribution in [3.8, 4) is 5.75 Å². The molecule has 0 spiro atoms. The van der Waals surface area contributed by atoms with Crippen LogP contribution in [0.1, 0.15) is 32.3 Å². The van der Waals surface area contributed by atoms with Crippen molar-refractivity contribution in [3.05, 3.63) is 63.9 Å². The average molecular weight is 455 g/mol. The predicted octanol–water partition coefficient (Wildman–Crippen LogP) is 4.84. The Hall–Kier alpha value is -2.31. The Morgan fingerprint density at radius 3 is 2.50 bits per heavy atom. The molecule has 1 atom stereocenters. The standard InChI is InChI=1S/C22H25Cl2FN2O3/c1-3-4-11-26-22(29)15(2)27(13-16-5-6-17(23)12-20(16)24)21(28)14-30-19-9-7-18(25)8-10-19/h5-10,12,15H,3-4,11,13-14H2,1-2H3,(H,26,29)/t15-/m1/s1. The number of halogens is 3. The van der Waals surface area contributed by atoms with Gasteiger partial charge in [-0.25, -0.2) is 4.39 Å². The van der Waals surface area contributed by atoms with Gasteiger partial charge in [0.15, 0.2) is 6.61 Å². The molecule has 0 aliphatic rings. The van der Waals surface area contributed by atoms with Crippen LogP contribution in [0.2, 0.25) is 10.0 Å². The van der Waals surface area contributed by atoms with Gasteiger partial charge in [0.1, 0.15) is 17.6 Å². The molecule has 0 radical (unpaired) electrons. The molecule has 0 saturated carbocycles. The van der Waals surface area contributed by atoms with E-state index < -0.39 is 17.8 Å². The number of ether oxygens (including phenoxy) is 1. The normalized spacial score (nSPS) is 11.6. The van der Waals surface area contributed by atoms with Gasteiger partial charge in [-0.2, -0.15) is 0 Å². The number of carbonyl (C=O) groups excluding carboxylic acids is 2. The van der Waals surface area contributed by atoms with Crippen LogP contribution in [0.4, 0.5) is 4.39 Å². The molecular formula is C22H25Cl2FN2O3. The molecule has 0 aliphatic heterocycles. The molecule has 5 nitrogen and oxygen atoms in total. The minimum atomic E-state index is -0.738. The Morgan fingerprint density at radius 2 is 1.87 bits per heavy atom. The van der Waals surface area contributed by atoms with Gasteiger partial charge in [0.2, 0.25) is 5.91 Å². The molecule has 162 valence electrons. The minimum Gasteiger partial charge on any atom is -0.484 e. The Balaban J connectivity index is 2.14. The van der Waals surface area contributed by atoms with Gasteiger partial charge in [0, 0.05) is 23.1 Å². The van der Waals surface area contributed by atoms with Crippen molar-refractivity contribution in [2.75, 3.05) is 13.2 Å². The highest BCUT2D eigenvalue weighted by molar-refractivity contribution is 6.35. The molecule has 0 fully saturated rings. The molecule has 2 aromatic rings. The lowest BCUT2D eigenvalue weighted by Crippen LogP contribution is -2.49. The SMILES string of the molecule is CCCCNC(=O)[C@@H](C)N(Cc1ccc(Cl)cc1Cl)C(=O)COc1ccc(F)cc1. The Kier molecular flexibility index (Phi) is 9.40. The number of nitrogens with zero attached hydrogens (tertiary/aromatic N) is 1. The zero-order valence-electron chi connectivity index (χ0n) is 17.0. The molecule has 2 amide bonds. The molecule has 0 bridgehead atoms. The number of benzene rings is 2. The second-order valence-corrected chi connectivity index (χ2v) is 7.66. The quantitative estimate of drug-likeness (QED) is 0.522. The third-order valence-corrected chi connectivity index (χ3v) is 5.12. The van der Waals surface area contributed by atoms with Crippen LogP contribution in [-0.2, 0) is 16.1 Å². The maximum atomic E-state index is 13.0. The topological polar surface area (TPSA) is 58.6 Å². The van der Waals surface area contributed by atoms with E-state index in [-0.39, 0.29) is 19.1 Å². The molecule has 2 rings (SSSR count). The first-order chi connectivity index (χ1) is 14.3. The zero-order valence-corrected chi connectivity index (χ0v) is 18.5.